The number of thiazole rings is 1. The standard InChI is InChI=1S/C12H13ClN2S/c1-7(14)11-8(2)15-12(16-11)9-3-5-10(13)6-4-9/h3-7H,14H2,1-2H3/t7-/m1/s1. The second kappa shape index (κ2) is 4.53. The molecular formula is C12H13ClN2S. The van der Waals surface area contributed by atoms with Crippen molar-refractivity contribution in [1.82, 2.24) is 4.98 Å². The molecule has 2 N–H and O–H groups in total. The Morgan fingerprint density at radius 3 is 2.44 bits per heavy atom. The van der Waals surface area contributed by atoms with E-state index in [4.69, 9.17) is 17.3 Å². The van der Waals surface area contributed by atoms with Gasteiger partial charge in [0.25, 0.3) is 0 Å². The van der Waals surface area contributed by atoms with Gasteiger partial charge in [0.1, 0.15) is 5.01 Å². The molecule has 2 aromatic rings. The molecule has 0 saturated heterocycles. The molecule has 2 nitrogen and oxygen atoms in total. The van der Waals surface area contributed by atoms with E-state index in [1.165, 1.54) is 0 Å². The van der Waals surface area contributed by atoms with Crippen LogP contribution >= 0.6 is 22.9 Å². The number of aryl methyl sites for hydroxylation is 1. The molecule has 0 fully saturated rings. The van der Waals surface area contributed by atoms with E-state index < -0.39 is 0 Å². The Kier molecular flexibility index (Phi) is 3.28. The third kappa shape index (κ3) is 2.26. The van der Waals surface area contributed by atoms with Crippen molar-refractivity contribution in [3.05, 3.63) is 39.9 Å². The lowest BCUT2D eigenvalue weighted by molar-refractivity contribution is 0.825. The zero-order chi connectivity index (χ0) is 11.7. The maximum Gasteiger partial charge on any atom is 0.123 e. The largest absolute Gasteiger partial charge is 0.323 e. The average Bonchev–Trinajstić information content (AvgIpc) is 2.61. The number of benzene rings is 1. The molecule has 0 spiro atoms. The highest BCUT2D eigenvalue weighted by Crippen LogP contribution is 2.31. The van der Waals surface area contributed by atoms with Crippen LogP contribution in [-0.4, -0.2) is 4.98 Å². The molecule has 0 saturated carbocycles. The van der Waals surface area contributed by atoms with E-state index in [0.29, 0.717) is 0 Å². The van der Waals surface area contributed by atoms with E-state index in [-0.39, 0.29) is 6.04 Å². The van der Waals surface area contributed by atoms with Crippen LogP contribution in [-0.2, 0) is 0 Å². The van der Waals surface area contributed by atoms with Gasteiger partial charge in [-0.1, -0.05) is 23.7 Å². The lowest BCUT2D eigenvalue weighted by atomic mass is 10.2. The summed E-state index contributed by atoms with van der Waals surface area (Å²) in [5.74, 6) is 0. The Hall–Kier alpha value is -0.900. The second-order valence-electron chi connectivity index (χ2n) is 3.76. The molecule has 0 aliphatic heterocycles. The Morgan fingerprint density at radius 1 is 1.31 bits per heavy atom. The molecule has 16 heavy (non-hydrogen) atoms. The van der Waals surface area contributed by atoms with Crippen LogP contribution in [0.15, 0.2) is 24.3 Å². The number of halogens is 1. The van der Waals surface area contributed by atoms with Gasteiger partial charge in [-0.25, -0.2) is 4.98 Å². The second-order valence-corrected chi connectivity index (χ2v) is 5.23. The molecule has 0 bridgehead atoms. The number of nitrogens with zero attached hydrogens (tertiary/aromatic N) is 1. The molecule has 84 valence electrons. The van der Waals surface area contributed by atoms with Crippen LogP contribution in [0.1, 0.15) is 23.5 Å². The van der Waals surface area contributed by atoms with Crippen molar-refractivity contribution < 1.29 is 0 Å². The lowest BCUT2D eigenvalue weighted by Crippen LogP contribution is -2.03. The van der Waals surface area contributed by atoms with Crippen molar-refractivity contribution in [1.29, 1.82) is 0 Å². The van der Waals surface area contributed by atoms with Gasteiger partial charge in [0.15, 0.2) is 0 Å². The SMILES string of the molecule is Cc1nc(-c2ccc(Cl)cc2)sc1[C@@H](C)N. The fraction of sp³-hybridized carbons (Fsp3) is 0.250. The number of aromatic nitrogens is 1. The highest BCUT2D eigenvalue weighted by atomic mass is 35.5. The molecular weight excluding hydrogens is 240 g/mol. The first-order chi connectivity index (χ1) is 7.58. The van der Waals surface area contributed by atoms with E-state index in [2.05, 4.69) is 4.98 Å². The summed E-state index contributed by atoms with van der Waals surface area (Å²) in [5.41, 5.74) is 7.99. The average molecular weight is 253 g/mol. The minimum absolute atomic E-state index is 0.0403. The van der Waals surface area contributed by atoms with Gasteiger partial charge in [-0.05, 0) is 26.0 Å². The van der Waals surface area contributed by atoms with E-state index in [1.54, 1.807) is 11.3 Å². The topological polar surface area (TPSA) is 38.9 Å². The lowest BCUT2D eigenvalue weighted by Gasteiger charge is -1.99. The highest BCUT2D eigenvalue weighted by molar-refractivity contribution is 7.15. The molecule has 1 heterocycles. The van der Waals surface area contributed by atoms with E-state index in [0.717, 1.165) is 26.2 Å². The van der Waals surface area contributed by atoms with Crippen molar-refractivity contribution in [2.45, 2.75) is 19.9 Å². The fourth-order valence-corrected chi connectivity index (χ4v) is 2.70. The Morgan fingerprint density at radius 2 is 1.94 bits per heavy atom. The zero-order valence-corrected chi connectivity index (χ0v) is 10.8. The molecule has 0 radical (unpaired) electrons. The van der Waals surface area contributed by atoms with Crippen LogP contribution in [0.4, 0.5) is 0 Å². The molecule has 2 rings (SSSR count). The first kappa shape index (κ1) is 11.6. The van der Waals surface area contributed by atoms with Gasteiger partial charge < -0.3 is 5.73 Å². The molecule has 0 aliphatic carbocycles. The van der Waals surface area contributed by atoms with Crippen molar-refractivity contribution in [2.75, 3.05) is 0 Å². The zero-order valence-electron chi connectivity index (χ0n) is 9.20. The van der Waals surface area contributed by atoms with Gasteiger partial charge in [0.2, 0.25) is 0 Å². The van der Waals surface area contributed by atoms with Gasteiger partial charge in [-0.3, -0.25) is 0 Å². The molecule has 0 amide bonds. The summed E-state index contributed by atoms with van der Waals surface area (Å²) in [5, 5.41) is 1.74. The molecule has 4 heteroatoms. The molecule has 0 unspecified atom stereocenters. The summed E-state index contributed by atoms with van der Waals surface area (Å²) in [6, 6.07) is 7.74. The van der Waals surface area contributed by atoms with Crippen molar-refractivity contribution in [3.8, 4) is 10.6 Å². The van der Waals surface area contributed by atoms with Gasteiger partial charge in [-0.2, -0.15) is 0 Å². The molecule has 1 aromatic heterocycles. The summed E-state index contributed by atoms with van der Waals surface area (Å²) in [7, 11) is 0. The Bertz CT molecular complexity index is 488. The summed E-state index contributed by atoms with van der Waals surface area (Å²) in [4.78, 5) is 5.67. The normalized spacial score (nSPS) is 12.8. The third-order valence-corrected chi connectivity index (χ3v) is 4.00. The maximum absolute atomic E-state index is 5.88. The molecule has 0 aliphatic rings. The van der Waals surface area contributed by atoms with E-state index in [1.807, 2.05) is 38.1 Å². The van der Waals surface area contributed by atoms with Crippen LogP contribution in [0.3, 0.4) is 0 Å². The minimum atomic E-state index is 0.0403. The monoisotopic (exact) mass is 252 g/mol. The molecule has 1 aromatic carbocycles. The predicted octanol–water partition coefficient (Wildman–Crippen LogP) is 3.79. The predicted molar refractivity (Wildman–Crippen MR) is 69.9 cm³/mol. The fourth-order valence-electron chi connectivity index (χ4n) is 1.55. The van der Waals surface area contributed by atoms with Crippen molar-refractivity contribution >= 4 is 22.9 Å². The van der Waals surface area contributed by atoms with Crippen LogP contribution in [0.25, 0.3) is 10.6 Å². The van der Waals surface area contributed by atoms with Gasteiger partial charge >= 0.3 is 0 Å². The summed E-state index contributed by atoms with van der Waals surface area (Å²) in [6.07, 6.45) is 0. The van der Waals surface area contributed by atoms with Crippen molar-refractivity contribution in [3.63, 3.8) is 0 Å². The van der Waals surface area contributed by atoms with Crippen LogP contribution < -0.4 is 5.73 Å². The van der Waals surface area contributed by atoms with Crippen LogP contribution in [0.2, 0.25) is 5.02 Å². The minimum Gasteiger partial charge on any atom is -0.323 e. The number of hydrogen-bond acceptors (Lipinski definition) is 3. The van der Waals surface area contributed by atoms with E-state index >= 15 is 0 Å². The summed E-state index contributed by atoms with van der Waals surface area (Å²) >= 11 is 7.50. The van der Waals surface area contributed by atoms with Gasteiger partial charge in [0, 0.05) is 21.5 Å². The Labute approximate surface area is 104 Å². The maximum atomic E-state index is 5.88. The van der Waals surface area contributed by atoms with E-state index in [9.17, 15) is 0 Å². The Balaban J connectivity index is 2.41. The van der Waals surface area contributed by atoms with Crippen LogP contribution in [0, 0.1) is 6.92 Å². The number of rotatable bonds is 2. The number of hydrogen-bond donors (Lipinski definition) is 1. The summed E-state index contributed by atoms with van der Waals surface area (Å²) < 4.78 is 0. The number of nitrogens with two attached hydrogens (primary N) is 1. The first-order valence-corrected chi connectivity index (χ1v) is 6.26. The quantitative estimate of drug-likeness (QED) is 0.883. The van der Waals surface area contributed by atoms with Crippen LogP contribution in [0.5, 0.6) is 0 Å². The van der Waals surface area contributed by atoms with Crippen molar-refractivity contribution in [2.24, 2.45) is 5.73 Å². The molecule has 1 atom stereocenters. The summed E-state index contributed by atoms with van der Waals surface area (Å²) in [6.45, 7) is 3.97. The third-order valence-electron chi connectivity index (χ3n) is 2.34. The van der Waals surface area contributed by atoms with Gasteiger partial charge in [0.05, 0.1) is 5.69 Å². The highest BCUT2D eigenvalue weighted by Gasteiger charge is 2.11. The first-order valence-electron chi connectivity index (χ1n) is 5.07. The van der Waals surface area contributed by atoms with Gasteiger partial charge in [-0.15, -0.1) is 11.3 Å². The smallest absolute Gasteiger partial charge is 0.123 e.